The fourth-order valence-electron chi connectivity index (χ4n) is 3.77. The Morgan fingerprint density at radius 3 is 1.59 bits per heavy atom. The Hall–Kier alpha value is -2.59. The Morgan fingerprint density at radius 2 is 1.18 bits per heavy atom. The molecule has 0 aliphatic carbocycles. The predicted octanol–water partition coefficient (Wildman–Crippen LogP) is 4.50. The molecule has 2 aromatic carbocycles. The molecule has 0 fully saturated rings. The number of ether oxygens (including phenoxy) is 5. The molecule has 0 saturated carbocycles. The van der Waals surface area contributed by atoms with Gasteiger partial charge in [-0.25, -0.2) is 9.97 Å². The maximum atomic E-state index is 5.93. The van der Waals surface area contributed by atoms with Crippen LogP contribution in [0.15, 0.2) is 45.6 Å². The van der Waals surface area contributed by atoms with Crippen LogP contribution in [0.3, 0.4) is 0 Å². The summed E-state index contributed by atoms with van der Waals surface area (Å²) in [5.74, 6) is 4.04. The van der Waals surface area contributed by atoms with Gasteiger partial charge in [0, 0.05) is 29.7 Å². The number of anilines is 4. The molecule has 0 amide bonds. The van der Waals surface area contributed by atoms with Gasteiger partial charge in [-0.3, -0.25) is 0 Å². The van der Waals surface area contributed by atoms with Crippen LogP contribution < -0.4 is 63.9 Å². The van der Waals surface area contributed by atoms with E-state index >= 15 is 0 Å². The second-order valence-corrected chi connectivity index (χ2v) is 10.5. The number of rotatable bonds is 10. The van der Waals surface area contributed by atoms with Crippen molar-refractivity contribution >= 4 is 66.7 Å². The smallest absolute Gasteiger partial charge is 0.870 e. The molecular formula is C28H32Br2ClN6NaO6. The van der Waals surface area contributed by atoms with E-state index in [9.17, 15) is 0 Å². The Balaban J connectivity index is 0.000000422. The molecule has 12 nitrogen and oxygen atoms in total. The van der Waals surface area contributed by atoms with Gasteiger partial charge in [0.15, 0.2) is 23.0 Å². The number of nitrogens with one attached hydrogen (secondary N) is 2. The molecule has 4 rings (SSSR count). The second-order valence-electron chi connectivity index (χ2n) is 8.42. The van der Waals surface area contributed by atoms with Crippen LogP contribution >= 0.6 is 43.5 Å². The number of hydrogen-bond donors (Lipinski definition) is 2. The number of methoxy groups -OCH3 is 4. The second kappa shape index (κ2) is 19.0. The molecule has 16 heteroatoms. The van der Waals surface area contributed by atoms with Crippen molar-refractivity contribution in [3.05, 3.63) is 61.9 Å². The van der Waals surface area contributed by atoms with Gasteiger partial charge in [0.2, 0.25) is 17.8 Å². The minimum atomic E-state index is 0. The zero-order valence-electron chi connectivity index (χ0n) is 25.6. The molecule has 44 heavy (non-hydrogen) atoms. The van der Waals surface area contributed by atoms with E-state index in [0.29, 0.717) is 61.5 Å². The van der Waals surface area contributed by atoms with Crippen molar-refractivity contribution in [1.82, 2.24) is 19.9 Å². The van der Waals surface area contributed by atoms with Crippen molar-refractivity contribution in [2.75, 3.05) is 45.7 Å². The van der Waals surface area contributed by atoms with Gasteiger partial charge >= 0.3 is 29.6 Å². The van der Waals surface area contributed by atoms with E-state index in [-0.39, 0.29) is 35.0 Å². The van der Waals surface area contributed by atoms with Crippen LogP contribution in [0.25, 0.3) is 0 Å². The maximum absolute atomic E-state index is 5.93. The van der Waals surface area contributed by atoms with Crippen molar-refractivity contribution in [3.8, 4) is 28.9 Å². The minimum absolute atomic E-state index is 0. The topological polar surface area (TPSA) is 152 Å². The first-order chi connectivity index (χ1) is 20.1. The van der Waals surface area contributed by atoms with E-state index in [1.807, 2.05) is 45.0 Å². The fraction of sp³-hybridized carbons (Fsp3) is 0.286. The monoisotopic (exact) mass is 764 g/mol. The Labute approximate surface area is 300 Å². The van der Waals surface area contributed by atoms with Gasteiger partial charge < -0.3 is 39.8 Å². The molecule has 3 N–H and O–H groups in total. The number of nitrogens with zero attached hydrogens (tertiary/aromatic N) is 4. The largest absolute Gasteiger partial charge is 1.00 e. The molecule has 0 atom stereocenters. The third kappa shape index (κ3) is 10.5. The van der Waals surface area contributed by atoms with E-state index in [4.69, 9.17) is 35.3 Å². The van der Waals surface area contributed by atoms with E-state index < -0.39 is 0 Å². The molecule has 2 heterocycles. The molecular weight excluding hydrogens is 735 g/mol. The van der Waals surface area contributed by atoms with Crippen LogP contribution in [-0.2, 0) is 0 Å². The average molecular weight is 767 g/mol. The third-order valence-corrected chi connectivity index (χ3v) is 7.18. The van der Waals surface area contributed by atoms with Crippen LogP contribution in [0, 0.1) is 13.8 Å². The predicted molar refractivity (Wildman–Crippen MR) is 173 cm³/mol. The van der Waals surface area contributed by atoms with Crippen molar-refractivity contribution in [2.24, 2.45) is 0 Å². The average Bonchev–Trinajstić information content (AvgIpc) is 2.96. The summed E-state index contributed by atoms with van der Waals surface area (Å²) in [5.41, 5.74) is 3.49. The first kappa shape index (κ1) is 39.4. The Bertz CT molecular complexity index is 1540. The van der Waals surface area contributed by atoms with E-state index in [1.54, 1.807) is 40.8 Å². The van der Waals surface area contributed by atoms with Crippen LogP contribution in [0.5, 0.6) is 28.9 Å². The quantitative estimate of drug-likeness (QED) is 0.173. The molecule has 0 bridgehead atoms. The fourth-order valence-corrected chi connectivity index (χ4v) is 4.39. The summed E-state index contributed by atoms with van der Waals surface area (Å²) in [5, 5.41) is 6.56. The number of hydrogen-bond acceptors (Lipinski definition) is 12. The molecule has 0 spiro atoms. The molecule has 0 saturated heterocycles. The Kier molecular flexibility index (Phi) is 17.1. The van der Waals surface area contributed by atoms with Crippen molar-refractivity contribution in [3.63, 3.8) is 0 Å². The van der Waals surface area contributed by atoms with Crippen LogP contribution in [0.4, 0.5) is 23.3 Å². The molecule has 2 aromatic heterocycles. The van der Waals surface area contributed by atoms with Crippen molar-refractivity contribution in [1.29, 1.82) is 0 Å². The molecule has 0 aliphatic heterocycles. The van der Waals surface area contributed by atoms with Crippen LogP contribution in [0.2, 0.25) is 5.15 Å². The summed E-state index contributed by atoms with van der Waals surface area (Å²) < 4.78 is 28.1. The summed E-state index contributed by atoms with van der Waals surface area (Å²) in [6.45, 7) is 6.31. The van der Waals surface area contributed by atoms with E-state index in [2.05, 4.69) is 62.4 Å². The molecule has 4 aromatic rings. The first-order valence-corrected chi connectivity index (χ1v) is 14.4. The van der Waals surface area contributed by atoms with Crippen LogP contribution in [-0.4, -0.2) is 60.5 Å². The number of halogens is 3. The van der Waals surface area contributed by atoms with E-state index in [0.717, 1.165) is 22.5 Å². The number of benzene rings is 2. The van der Waals surface area contributed by atoms with Crippen molar-refractivity contribution < 1.29 is 58.7 Å². The SMILES string of the molecule is CCOc1nc(Nc2cc(C)c(OC)c(OC)c2)ncc1Br.COc1cc(Nc2ncc(Br)c(Cl)n2)cc(C)c1OC.[Na+].[OH-]. The van der Waals surface area contributed by atoms with Gasteiger partial charge in [-0.1, -0.05) is 11.6 Å². The van der Waals surface area contributed by atoms with Crippen LogP contribution in [0.1, 0.15) is 18.1 Å². The van der Waals surface area contributed by atoms with Crippen molar-refractivity contribution in [2.45, 2.75) is 20.8 Å². The van der Waals surface area contributed by atoms with Gasteiger partial charge in [0.25, 0.3) is 0 Å². The Morgan fingerprint density at radius 1 is 0.727 bits per heavy atom. The standard InChI is InChI=1S/C15H18BrN3O3.C13H13BrClN3O2.Na.H2O/c1-5-22-14-11(16)8-17-15(19-14)18-10-6-9(2)13(21-4)12(7-10)20-3;1-7-4-8(5-10(19-2)11(7)20-3)17-13-16-6-9(14)12(15)18-13;;/h6-8H,5H2,1-4H3,(H,17,18,19);4-6H,1-3H3,(H,16,17,18);;1H2/q;;+1;/p-1. The minimum Gasteiger partial charge on any atom is -0.870 e. The molecule has 232 valence electrons. The maximum Gasteiger partial charge on any atom is 1.00 e. The summed E-state index contributed by atoms with van der Waals surface area (Å²) in [6, 6.07) is 7.50. The summed E-state index contributed by atoms with van der Waals surface area (Å²) >= 11 is 12.5. The van der Waals surface area contributed by atoms with Gasteiger partial charge in [-0.05, 0) is 75.9 Å². The number of aromatic nitrogens is 4. The van der Waals surface area contributed by atoms with Gasteiger partial charge in [0.05, 0.1) is 50.2 Å². The van der Waals surface area contributed by atoms with Gasteiger partial charge in [0.1, 0.15) is 5.15 Å². The summed E-state index contributed by atoms with van der Waals surface area (Å²) in [4.78, 5) is 16.8. The number of aryl methyl sites for hydroxylation is 2. The molecule has 0 radical (unpaired) electrons. The zero-order chi connectivity index (χ0) is 30.8. The van der Waals surface area contributed by atoms with E-state index in [1.165, 1.54) is 0 Å². The first-order valence-electron chi connectivity index (χ1n) is 12.5. The normalized spacial score (nSPS) is 9.77. The summed E-state index contributed by atoms with van der Waals surface area (Å²) in [7, 11) is 6.41. The van der Waals surface area contributed by atoms with Gasteiger partial charge in [-0.15, -0.1) is 0 Å². The zero-order valence-corrected chi connectivity index (χ0v) is 31.5. The molecule has 0 aliphatic rings. The van der Waals surface area contributed by atoms with Gasteiger partial charge in [-0.2, -0.15) is 9.97 Å². The summed E-state index contributed by atoms with van der Waals surface area (Å²) in [6.07, 6.45) is 3.24. The third-order valence-electron chi connectivity index (χ3n) is 5.54. The molecule has 0 unspecified atom stereocenters.